The van der Waals surface area contributed by atoms with E-state index in [1.165, 1.54) is 32.1 Å². The summed E-state index contributed by atoms with van der Waals surface area (Å²) in [6, 6.07) is 0. The van der Waals surface area contributed by atoms with Crippen molar-refractivity contribution in [3.05, 3.63) is 68.6 Å². The molecule has 0 heterocycles. The van der Waals surface area contributed by atoms with Gasteiger partial charge in [-0.25, -0.2) is 0 Å². The molecule has 0 aliphatic heterocycles. The zero-order valence-electron chi connectivity index (χ0n) is 12.6. The molecule has 0 amide bonds. The Bertz CT molecular complexity index is 605. The van der Waals surface area contributed by atoms with Crippen molar-refractivity contribution in [3.63, 3.8) is 0 Å². The summed E-state index contributed by atoms with van der Waals surface area (Å²) in [6.45, 7) is 0. The molecule has 0 N–H and O–H groups in total. The molecule has 0 spiro atoms. The zero-order valence-corrected chi connectivity index (χ0v) is 16.5. The van der Waals surface area contributed by atoms with Gasteiger partial charge in [0.25, 0.3) is 0 Å². The van der Waals surface area contributed by atoms with Crippen molar-refractivity contribution in [2.75, 3.05) is 0 Å². The van der Waals surface area contributed by atoms with Gasteiger partial charge in [0, 0.05) is 0 Å². The van der Waals surface area contributed by atoms with Crippen LogP contribution in [0.1, 0.15) is 32.1 Å². The monoisotopic (exact) mass is 408 g/mol. The molecule has 2 atom stereocenters. The van der Waals surface area contributed by atoms with Crippen molar-refractivity contribution in [2.45, 2.75) is 35.7 Å². The van der Waals surface area contributed by atoms with Gasteiger partial charge in [-0.15, -0.1) is 0 Å². The number of halogens is 2. The largest absolute Gasteiger partial charge is 1.00 e. The van der Waals surface area contributed by atoms with Crippen LogP contribution in [0.2, 0.25) is 3.63 Å². The summed E-state index contributed by atoms with van der Waals surface area (Å²) in [5, 5.41) is 0. The van der Waals surface area contributed by atoms with Gasteiger partial charge < -0.3 is 24.8 Å². The number of allylic oxidation sites excluding steroid dienone is 12. The maximum absolute atomic E-state index is 2.46. The van der Waals surface area contributed by atoms with Crippen LogP contribution in [0.3, 0.4) is 0 Å². The van der Waals surface area contributed by atoms with E-state index in [2.05, 4.69) is 48.6 Å². The Hall–Kier alpha value is -0.0969. The van der Waals surface area contributed by atoms with Crippen LogP contribution in [0, 0.1) is 5.92 Å². The molecule has 0 aromatic heterocycles. The Morgan fingerprint density at radius 3 is 2.68 bits per heavy atom. The minimum absolute atomic E-state index is 0. The van der Waals surface area contributed by atoms with Crippen LogP contribution in [-0.2, 0) is 23.2 Å². The second-order valence-corrected chi connectivity index (χ2v) is 9.87. The third-order valence-electron chi connectivity index (χ3n) is 4.92. The van der Waals surface area contributed by atoms with Crippen LogP contribution >= 0.6 is 0 Å². The molecule has 0 aromatic rings. The number of hydrogen-bond donors (Lipinski definition) is 0. The van der Waals surface area contributed by atoms with Crippen LogP contribution in [0.15, 0.2) is 68.6 Å². The molecule has 4 rings (SSSR count). The zero-order chi connectivity index (χ0) is 13.4. The van der Waals surface area contributed by atoms with Gasteiger partial charge in [-0.05, 0) is 0 Å². The fraction of sp³-hybridized carbons (Fsp3) is 0.368. The first-order valence-electron chi connectivity index (χ1n) is 7.83. The Kier molecular flexibility index (Phi) is 6.75. The molecule has 4 aliphatic rings. The molecule has 0 nitrogen and oxygen atoms in total. The first-order chi connectivity index (χ1) is 9.92. The average molecular weight is 410 g/mol. The number of fused-ring (bicyclic) bond motifs is 2. The fourth-order valence-electron chi connectivity index (χ4n) is 3.83. The molecule has 22 heavy (non-hydrogen) atoms. The van der Waals surface area contributed by atoms with Crippen LogP contribution in [-0.4, -0.2) is 0 Å². The summed E-state index contributed by atoms with van der Waals surface area (Å²) in [6.07, 6.45) is 25.6. The van der Waals surface area contributed by atoms with Gasteiger partial charge in [-0.1, -0.05) is 0 Å². The van der Waals surface area contributed by atoms with E-state index in [-0.39, 0.29) is 24.8 Å². The molecule has 1 saturated carbocycles. The molecule has 0 saturated heterocycles. The van der Waals surface area contributed by atoms with Crippen LogP contribution < -0.4 is 24.8 Å². The van der Waals surface area contributed by atoms with E-state index in [0.29, 0.717) is 0 Å². The minimum Gasteiger partial charge on any atom is -1.00 e. The third-order valence-corrected chi connectivity index (χ3v) is 9.14. The second kappa shape index (κ2) is 8.14. The van der Waals surface area contributed by atoms with Crippen molar-refractivity contribution < 1.29 is 48.0 Å². The summed E-state index contributed by atoms with van der Waals surface area (Å²) in [7, 11) is 0. The van der Waals surface area contributed by atoms with Gasteiger partial charge in [0.15, 0.2) is 0 Å². The van der Waals surface area contributed by atoms with Gasteiger partial charge in [0.1, 0.15) is 0 Å². The molecule has 4 aliphatic carbocycles. The van der Waals surface area contributed by atoms with E-state index in [1.54, 1.807) is 20.0 Å². The van der Waals surface area contributed by atoms with Crippen molar-refractivity contribution >= 4 is 0 Å². The molecular formula is C19H20Cl2Zr. The molecule has 2 unspecified atom stereocenters. The van der Waals surface area contributed by atoms with Crippen molar-refractivity contribution in [1.29, 1.82) is 0 Å². The van der Waals surface area contributed by atoms with E-state index in [9.17, 15) is 0 Å². The molecule has 114 valence electrons. The average Bonchev–Trinajstić information content (AvgIpc) is 2.97. The predicted octanol–water partition coefficient (Wildman–Crippen LogP) is -0.738. The van der Waals surface area contributed by atoms with Crippen molar-refractivity contribution in [2.24, 2.45) is 5.92 Å². The van der Waals surface area contributed by atoms with Gasteiger partial charge >= 0.3 is 133 Å². The number of rotatable bonds is 2. The van der Waals surface area contributed by atoms with Gasteiger partial charge in [-0.2, -0.15) is 0 Å². The molecule has 3 heteroatoms. The Morgan fingerprint density at radius 1 is 0.909 bits per heavy atom. The van der Waals surface area contributed by atoms with E-state index < -0.39 is 23.2 Å². The van der Waals surface area contributed by atoms with E-state index in [4.69, 9.17) is 0 Å². The first kappa shape index (κ1) is 18.2. The topological polar surface area (TPSA) is 0 Å². The Balaban J connectivity index is 0.000000882. The van der Waals surface area contributed by atoms with E-state index >= 15 is 0 Å². The van der Waals surface area contributed by atoms with Crippen LogP contribution in [0.25, 0.3) is 0 Å². The summed E-state index contributed by atoms with van der Waals surface area (Å²) in [5.41, 5.74) is 5.00. The Morgan fingerprint density at radius 2 is 1.77 bits per heavy atom. The predicted molar refractivity (Wildman–Crippen MR) is 80.9 cm³/mol. The summed E-state index contributed by atoms with van der Waals surface area (Å²) < 4.78 is 2.71. The molecular weight excluding hydrogens is 390 g/mol. The summed E-state index contributed by atoms with van der Waals surface area (Å²) in [4.78, 5) is 0. The van der Waals surface area contributed by atoms with E-state index in [1.807, 2.05) is 0 Å². The second-order valence-electron chi connectivity index (χ2n) is 6.12. The molecule has 0 radical (unpaired) electrons. The fourth-order valence-corrected chi connectivity index (χ4v) is 8.17. The normalized spacial score (nSPS) is 27.8. The summed E-state index contributed by atoms with van der Waals surface area (Å²) >= 11 is -0.497. The van der Waals surface area contributed by atoms with Gasteiger partial charge in [0.05, 0.1) is 0 Å². The van der Waals surface area contributed by atoms with Crippen LogP contribution in [0.5, 0.6) is 0 Å². The summed E-state index contributed by atoms with van der Waals surface area (Å²) in [5.74, 6) is 0.892. The Labute approximate surface area is 157 Å². The van der Waals surface area contributed by atoms with Crippen LogP contribution in [0.4, 0.5) is 0 Å². The van der Waals surface area contributed by atoms with E-state index in [0.717, 1.165) is 9.54 Å². The van der Waals surface area contributed by atoms with Crippen molar-refractivity contribution in [1.82, 2.24) is 0 Å². The van der Waals surface area contributed by atoms with Gasteiger partial charge in [-0.3, -0.25) is 0 Å². The molecule has 1 fully saturated rings. The molecule has 0 aromatic carbocycles. The SMILES string of the molecule is C1=CCCC2=CC=[C]([Zr+2][CH]3CCC4CC=CC=C43)C2=C1.[Cl-].[Cl-]. The standard InChI is InChI=1S/C10H9.C9H11.2ClH.Zr/c1-2-5-9-7-4-8-10(9)6-3-1;1-2-5-9-7-3-6-8(9)4-1;;;/h1-2,4-5,8H,3,6H2;1-2,4,6,9H,3,5,7H2;2*1H;/q;;;;+2/p-2. The van der Waals surface area contributed by atoms with Gasteiger partial charge in [0.2, 0.25) is 0 Å². The number of hydrogen-bond acceptors (Lipinski definition) is 0. The molecule has 0 bridgehead atoms. The maximum Gasteiger partial charge on any atom is -1.00 e. The van der Waals surface area contributed by atoms with Crippen molar-refractivity contribution in [3.8, 4) is 0 Å². The smallest absolute Gasteiger partial charge is 1.00 e. The third kappa shape index (κ3) is 3.53. The first-order valence-corrected chi connectivity index (χ1v) is 10.5. The quantitative estimate of drug-likeness (QED) is 0.563. The maximum atomic E-state index is 2.46. The minimum atomic E-state index is -0.497.